The second kappa shape index (κ2) is 9.48. The summed E-state index contributed by atoms with van der Waals surface area (Å²) in [6.07, 6.45) is -8.94. The van der Waals surface area contributed by atoms with E-state index in [0.717, 1.165) is 24.3 Å². The molecule has 0 amide bonds. The second-order valence-electron chi connectivity index (χ2n) is 7.24. The monoisotopic (exact) mass is 484 g/mol. The van der Waals surface area contributed by atoms with Crippen molar-refractivity contribution >= 4 is 11.9 Å². The Hall–Kier alpha value is -3.98. The lowest BCUT2D eigenvalue weighted by molar-refractivity contribution is -0.277. The molecule has 0 unspecified atom stereocenters. The SMILES string of the molecule is O=C(O)c1cc(O)c(O)c(O[C@H]2O[C@H](COC(=O)c3cc(O)c(O)c(O)c3)[C@H](O)[C@@H](O)[C@H]2O)c1. The molecule has 0 radical (unpaired) electrons. The number of rotatable bonds is 6. The van der Waals surface area contributed by atoms with Crippen LogP contribution in [0.25, 0.3) is 0 Å². The van der Waals surface area contributed by atoms with Gasteiger partial charge in [0, 0.05) is 0 Å². The summed E-state index contributed by atoms with van der Waals surface area (Å²) in [4.78, 5) is 23.3. The Labute approximate surface area is 189 Å². The minimum absolute atomic E-state index is 0.377. The van der Waals surface area contributed by atoms with Gasteiger partial charge in [0.05, 0.1) is 11.1 Å². The fraction of sp³-hybridized carbons (Fsp3) is 0.300. The number of esters is 1. The fourth-order valence-electron chi connectivity index (χ4n) is 3.05. The molecule has 0 bridgehead atoms. The normalized spacial score (nSPS) is 24.4. The van der Waals surface area contributed by atoms with Gasteiger partial charge in [-0.1, -0.05) is 0 Å². The van der Waals surface area contributed by atoms with Gasteiger partial charge in [-0.25, -0.2) is 9.59 Å². The number of aliphatic hydroxyl groups is 3. The van der Waals surface area contributed by atoms with Gasteiger partial charge >= 0.3 is 11.9 Å². The second-order valence-corrected chi connectivity index (χ2v) is 7.24. The third-order valence-corrected chi connectivity index (χ3v) is 4.90. The first-order valence-corrected chi connectivity index (χ1v) is 9.48. The smallest absolute Gasteiger partial charge is 0.338 e. The van der Waals surface area contributed by atoms with E-state index in [4.69, 9.17) is 19.3 Å². The van der Waals surface area contributed by atoms with Crippen LogP contribution in [0.2, 0.25) is 0 Å². The minimum Gasteiger partial charge on any atom is -0.504 e. The van der Waals surface area contributed by atoms with Gasteiger partial charge in [-0.3, -0.25) is 0 Å². The van der Waals surface area contributed by atoms with Gasteiger partial charge in [0.1, 0.15) is 31.0 Å². The van der Waals surface area contributed by atoms with E-state index in [-0.39, 0.29) is 5.56 Å². The first-order valence-electron chi connectivity index (χ1n) is 9.48. The highest BCUT2D eigenvalue weighted by Gasteiger charge is 2.46. The number of hydrogen-bond acceptors (Lipinski definition) is 13. The predicted molar refractivity (Wildman–Crippen MR) is 106 cm³/mol. The van der Waals surface area contributed by atoms with Crippen molar-refractivity contribution in [3.63, 3.8) is 0 Å². The summed E-state index contributed by atoms with van der Waals surface area (Å²) in [7, 11) is 0. The average molecular weight is 484 g/mol. The Morgan fingerprint density at radius 3 is 1.94 bits per heavy atom. The summed E-state index contributed by atoms with van der Waals surface area (Å²) in [5.41, 5.74) is -0.862. The number of benzene rings is 2. The number of phenolic OH excluding ortho intramolecular Hbond substituents is 5. The van der Waals surface area contributed by atoms with Crippen molar-refractivity contribution in [2.45, 2.75) is 30.7 Å². The van der Waals surface area contributed by atoms with E-state index >= 15 is 0 Å². The molecular weight excluding hydrogens is 464 g/mol. The van der Waals surface area contributed by atoms with Crippen molar-refractivity contribution in [2.24, 2.45) is 0 Å². The third kappa shape index (κ3) is 4.84. The lowest BCUT2D eigenvalue weighted by atomic mass is 9.99. The van der Waals surface area contributed by atoms with Crippen molar-refractivity contribution in [1.82, 2.24) is 0 Å². The van der Waals surface area contributed by atoms with E-state index < -0.39 is 89.3 Å². The zero-order chi connectivity index (χ0) is 25.3. The number of ether oxygens (including phenoxy) is 3. The van der Waals surface area contributed by atoms with E-state index in [9.17, 15) is 50.4 Å². The highest BCUT2D eigenvalue weighted by Crippen LogP contribution is 2.39. The van der Waals surface area contributed by atoms with E-state index in [1.165, 1.54) is 0 Å². The van der Waals surface area contributed by atoms with Crippen LogP contribution in [0.15, 0.2) is 24.3 Å². The molecule has 184 valence electrons. The molecule has 1 fully saturated rings. The first kappa shape index (κ1) is 24.7. The van der Waals surface area contributed by atoms with Gasteiger partial charge < -0.3 is 60.2 Å². The van der Waals surface area contributed by atoms with Gasteiger partial charge in [-0.15, -0.1) is 0 Å². The standard InChI is InChI=1S/C20H20O14/c21-8-2-7(3-9(22)13(8)24)19(31)32-5-12-15(26)16(27)17(28)20(34-12)33-11-4-6(18(29)30)1-10(23)14(11)25/h1-4,12,15-17,20-28H,5H2,(H,29,30)/t12-,15+,16-,17-,20+/m1/s1. The van der Waals surface area contributed by atoms with Gasteiger partial charge in [0.15, 0.2) is 28.7 Å². The Bertz CT molecular complexity index is 1080. The van der Waals surface area contributed by atoms with Gasteiger partial charge in [0.2, 0.25) is 12.0 Å². The predicted octanol–water partition coefficient (Wildman–Crippen LogP) is -1.04. The molecule has 2 aromatic carbocycles. The van der Waals surface area contributed by atoms with Crippen molar-refractivity contribution in [2.75, 3.05) is 6.61 Å². The largest absolute Gasteiger partial charge is 0.504 e. The first-order chi connectivity index (χ1) is 15.9. The zero-order valence-corrected chi connectivity index (χ0v) is 17.0. The summed E-state index contributed by atoms with van der Waals surface area (Å²) in [6.45, 7) is -0.738. The average Bonchev–Trinajstić information content (AvgIpc) is 2.78. The number of carboxylic acids is 1. The highest BCUT2D eigenvalue weighted by molar-refractivity contribution is 5.91. The molecule has 1 aliphatic rings. The summed E-state index contributed by atoms with van der Waals surface area (Å²) in [5.74, 6) is -7.45. The molecule has 0 saturated carbocycles. The maximum Gasteiger partial charge on any atom is 0.338 e. The van der Waals surface area contributed by atoms with Crippen LogP contribution in [0.4, 0.5) is 0 Å². The minimum atomic E-state index is -1.91. The lowest BCUT2D eigenvalue weighted by Crippen LogP contribution is -2.60. The molecule has 14 heteroatoms. The van der Waals surface area contributed by atoms with Crippen LogP contribution >= 0.6 is 0 Å². The Morgan fingerprint density at radius 1 is 0.794 bits per heavy atom. The molecule has 1 saturated heterocycles. The molecular formula is C20H20O14. The number of carbonyl (C=O) groups is 2. The summed E-state index contributed by atoms with van der Waals surface area (Å²) < 4.78 is 15.4. The highest BCUT2D eigenvalue weighted by atomic mass is 16.7. The van der Waals surface area contributed by atoms with Crippen molar-refractivity contribution in [1.29, 1.82) is 0 Å². The maximum atomic E-state index is 12.2. The quantitative estimate of drug-likeness (QED) is 0.176. The number of carbonyl (C=O) groups excluding carboxylic acids is 1. The Morgan fingerprint density at radius 2 is 1.35 bits per heavy atom. The molecule has 0 spiro atoms. The van der Waals surface area contributed by atoms with Crippen LogP contribution < -0.4 is 4.74 Å². The van der Waals surface area contributed by atoms with Crippen molar-refractivity contribution in [3.05, 3.63) is 35.4 Å². The lowest BCUT2D eigenvalue weighted by Gasteiger charge is -2.39. The van der Waals surface area contributed by atoms with Crippen LogP contribution in [-0.4, -0.2) is 95.2 Å². The maximum absolute atomic E-state index is 12.2. The molecule has 1 aliphatic heterocycles. The van der Waals surface area contributed by atoms with Crippen LogP contribution in [0, 0.1) is 0 Å². The molecule has 34 heavy (non-hydrogen) atoms. The van der Waals surface area contributed by atoms with E-state index in [2.05, 4.69) is 0 Å². The fourth-order valence-corrected chi connectivity index (χ4v) is 3.05. The molecule has 0 aliphatic carbocycles. The Kier molecular flexibility index (Phi) is 6.88. The van der Waals surface area contributed by atoms with Crippen molar-refractivity contribution < 1.29 is 69.8 Å². The van der Waals surface area contributed by atoms with Crippen LogP contribution in [0.3, 0.4) is 0 Å². The summed E-state index contributed by atoms with van der Waals surface area (Å²) in [5, 5.41) is 87.4. The number of aromatic carboxylic acids is 1. The van der Waals surface area contributed by atoms with Crippen LogP contribution in [0.1, 0.15) is 20.7 Å². The number of hydrogen-bond donors (Lipinski definition) is 9. The van der Waals surface area contributed by atoms with Crippen LogP contribution in [0.5, 0.6) is 34.5 Å². The van der Waals surface area contributed by atoms with E-state index in [1.54, 1.807) is 0 Å². The van der Waals surface area contributed by atoms with Crippen LogP contribution in [-0.2, 0) is 9.47 Å². The summed E-state index contributed by atoms with van der Waals surface area (Å²) >= 11 is 0. The molecule has 14 nitrogen and oxygen atoms in total. The topological polar surface area (TPSA) is 244 Å². The van der Waals surface area contributed by atoms with E-state index in [1.807, 2.05) is 0 Å². The number of aromatic hydroxyl groups is 5. The zero-order valence-electron chi connectivity index (χ0n) is 17.0. The number of carboxylic acid groups (broad SMARTS) is 1. The van der Waals surface area contributed by atoms with Gasteiger partial charge in [-0.05, 0) is 24.3 Å². The third-order valence-electron chi connectivity index (χ3n) is 4.90. The molecule has 3 rings (SSSR count). The van der Waals surface area contributed by atoms with Crippen molar-refractivity contribution in [3.8, 4) is 34.5 Å². The number of aliphatic hydroxyl groups excluding tert-OH is 3. The van der Waals surface area contributed by atoms with E-state index in [0.29, 0.717) is 0 Å². The summed E-state index contributed by atoms with van der Waals surface area (Å²) in [6, 6.07) is 3.14. The Balaban J connectivity index is 1.75. The van der Waals surface area contributed by atoms with Gasteiger partial charge in [-0.2, -0.15) is 0 Å². The molecule has 5 atom stereocenters. The molecule has 2 aromatic rings. The number of phenols is 5. The van der Waals surface area contributed by atoms with Gasteiger partial charge in [0.25, 0.3) is 0 Å². The molecule has 1 heterocycles. The molecule has 9 N–H and O–H groups in total. The molecule has 0 aromatic heterocycles.